The number of nitrogens with zero attached hydrogens (tertiary/aromatic N) is 1. The van der Waals surface area contributed by atoms with Gasteiger partial charge in [0.05, 0.1) is 11.1 Å². The van der Waals surface area contributed by atoms with Crippen molar-refractivity contribution in [2.75, 3.05) is 5.73 Å². The van der Waals surface area contributed by atoms with Gasteiger partial charge in [-0.15, -0.1) is 0 Å². The summed E-state index contributed by atoms with van der Waals surface area (Å²) in [4.78, 5) is 27.7. The molecule has 0 aliphatic rings. The number of para-hydroxylation sites is 1. The van der Waals surface area contributed by atoms with Crippen molar-refractivity contribution in [3.8, 4) is 0 Å². The second-order valence-corrected chi connectivity index (χ2v) is 5.59. The number of fused-ring (bicyclic) bond motifs is 1. The highest BCUT2D eigenvalue weighted by molar-refractivity contribution is 6.07. The Morgan fingerprint density at radius 1 is 1.29 bits per heavy atom. The first-order valence-electron chi connectivity index (χ1n) is 6.54. The van der Waals surface area contributed by atoms with Gasteiger partial charge < -0.3 is 16.8 Å². The summed E-state index contributed by atoms with van der Waals surface area (Å²) < 4.78 is 0. The molecule has 21 heavy (non-hydrogen) atoms. The number of hydrogen-bond acceptors (Lipinski definition) is 4. The summed E-state index contributed by atoms with van der Waals surface area (Å²) in [6.45, 7) is 3.48. The summed E-state index contributed by atoms with van der Waals surface area (Å²) in [5, 5.41) is 3.51. The topological polar surface area (TPSA) is 111 Å². The second kappa shape index (κ2) is 5.40. The Morgan fingerprint density at radius 2 is 1.95 bits per heavy atom. The Kier molecular flexibility index (Phi) is 3.80. The van der Waals surface area contributed by atoms with E-state index >= 15 is 0 Å². The first-order chi connectivity index (χ1) is 9.78. The normalized spacial score (nSPS) is 11.3. The van der Waals surface area contributed by atoms with Crippen LogP contribution in [0, 0.1) is 0 Å². The smallest absolute Gasteiger partial charge is 0.252 e. The molecule has 2 rings (SSSR count). The van der Waals surface area contributed by atoms with Crippen molar-refractivity contribution in [2.45, 2.75) is 25.8 Å². The van der Waals surface area contributed by atoms with Gasteiger partial charge in [0, 0.05) is 17.3 Å². The lowest BCUT2D eigenvalue weighted by atomic mass is 9.99. The highest BCUT2D eigenvalue weighted by atomic mass is 16.2. The number of nitrogen functional groups attached to an aromatic ring is 1. The molecule has 1 aromatic heterocycles. The van der Waals surface area contributed by atoms with Crippen LogP contribution < -0.4 is 16.8 Å². The van der Waals surface area contributed by atoms with E-state index in [9.17, 15) is 9.59 Å². The van der Waals surface area contributed by atoms with E-state index in [0.717, 1.165) is 0 Å². The second-order valence-electron chi connectivity index (χ2n) is 5.59. The number of carbonyl (C=O) groups excluding carboxylic acids is 2. The van der Waals surface area contributed by atoms with Crippen molar-refractivity contribution in [3.05, 3.63) is 35.9 Å². The largest absolute Gasteiger partial charge is 0.384 e. The minimum Gasteiger partial charge on any atom is -0.384 e. The average Bonchev–Trinajstić information content (AvgIpc) is 2.35. The van der Waals surface area contributed by atoms with Crippen LogP contribution in [0.2, 0.25) is 0 Å². The molecule has 2 aromatic rings. The number of nitrogens with one attached hydrogen (secondary N) is 1. The van der Waals surface area contributed by atoms with E-state index in [0.29, 0.717) is 16.5 Å². The van der Waals surface area contributed by atoms with E-state index in [-0.39, 0.29) is 18.1 Å². The first-order valence-corrected chi connectivity index (χ1v) is 6.54. The van der Waals surface area contributed by atoms with E-state index in [1.807, 2.05) is 12.1 Å². The Hall–Kier alpha value is -2.63. The van der Waals surface area contributed by atoms with Crippen LogP contribution in [0.4, 0.5) is 5.82 Å². The quantitative estimate of drug-likeness (QED) is 0.784. The Morgan fingerprint density at radius 3 is 2.62 bits per heavy atom. The highest BCUT2D eigenvalue weighted by Crippen LogP contribution is 2.20. The molecule has 0 saturated carbocycles. The number of aromatic nitrogens is 1. The van der Waals surface area contributed by atoms with Crippen molar-refractivity contribution >= 4 is 28.5 Å². The summed E-state index contributed by atoms with van der Waals surface area (Å²) in [7, 11) is 0. The lowest BCUT2D eigenvalue weighted by Crippen LogP contribution is -2.46. The van der Waals surface area contributed by atoms with Gasteiger partial charge in [-0.2, -0.15) is 0 Å². The van der Waals surface area contributed by atoms with Crippen LogP contribution >= 0.6 is 0 Å². The molecular formula is C15H18N4O2. The maximum atomic E-state index is 12.5. The van der Waals surface area contributed by atoms with Crippen LogP contribution in [0.25, 0.3) is 10.9 Å². The Bertz CT molecular complexity index is 710. The molecule has 0 unspecified atom stereocenters. The Balaban J connectivity index is 2.38. The van der Waals surface area contributed by atoms with Gasteiger partial charge in [0.1, 0.15) is 5.82 Å². The van der Waals surface area contributed by atoms with Crippen LogP contribution in [-0.2, 0) is 4.79 Å². The molecular weight excluding hydrogens is 268 g/mol. The zero-order valence-corrected chi connectivity index (χ0v) is 12.0. The van der Waals surface area contributed by atoms with E-state index in [4.69, 9.17) is 11.5 Å². The molecule has 0 aliphatic carbocycles. The molecule has 1 heterocycles. The summed E-state index contributed by atoms with van der Waals surface area (Å²) in [6, 6.07) is 8.77. The molecule has 0 saturated heterocycles. The molecule has 0 spiro atoms. The number of hydrogen-bond donors (Lipinski definition) is 3. The van der Waals surface area contributed by atoms with Gasteiger partial charge in [-0.1, -0.05) is 18.2 Å². The van der Waals surface area contributed by atoms with E-state index in [1.165, 1.54) is 6.07 Å². The molecule has 1 aromatic carbocycles. The third kappa shape index (κ3) is 3.47. The number of rotatable bonds is 4. The zero-order valence-electron chi connectivity index (χ0n) is 12.0. The molecule has 0 bridgehead atoms. The summed E-state index contributed by atoms with van der Waals surface area (Å²) in [6.07, 6.45) is 0.0528. The van der Waals surface area contributed by atoms with Gasteiger partial charge in [-0.05, 0) is 26.0 Å². The number of anilines is 1. The fourth-order valence-corrected chi connectivity index (χ4v) is 2.24. The van der Waals surface area contributed by atoms with Crippen molar-refractivity contribution in [1.29, 1.82) is 0 Å². The molecule has 0 atom stereocenters. The number of benzene rings is 1. The number of nitrogens with two attached hydrogens (primary N) is 2. The summed E-state index contributed by atoms with van der Waals surface area (Å²) >= 11 is 0. The van der Waals surface area contributed by atoms with E-state index < -0.39 is 11.4 Å². The van der Waals surface area contributed by atoms with Gasteiger partial charge >= 0.3 is 0 Å². The van der Waals surface area contributed by atoms with E-state index in [2.05, 4.69) is 10.3 Å². The molecule has 6 nitrogen and oxygen atoms in total. The summed E-state index contributed by atoms with van der Waals surface area (Å²) in [5.41, 5.74) is 11.3. The number of carbonyl (C=O) groups is 2. The van der Waals surface area contributed by atoms with Crippen molar-refractivity contribution in [1.82, 2.24) is 10.3 Å². The maximum Gasteiger partial charge on any atom is 0.252 e. The molecule has 0 fully saturated rings. The van der Waals surface area contributed by atoms with Gasteiger partial charge in [0.2, 0.25) is 5.91 Å². The van der Waals surface area contributed by atoms with Gasteiger partial charge in [-0.25, -0.2) is 4.98 Å². The Labute approximate surface area is 122 Å². The van der Waals surface area contributed by atoms with Crippen LogP contribution in [0.3, 0.4) is 0 Å². The highest BCUT2D eigenvalue weighted by Gasteiger charge is 2.24. The minimum atomic E-state index is -0.734. The summed E-state index contributed by atoms with van der Waals surface area (Å²) in [5.74, 6) is -0.516. The van der Waals surface area contributed by atoms with Crippen LogP contribution in [0.15, 0.2) is 30.3 Å². The molecule has 110 valence electrons. The lowest BCUT2D eigenvalue weighted by molar-refractivity contribution is -0.119. The van der Waals surface area contributed by atoms with Crippen molar-refractivity contribution < 1.29 is 9.59 Å². The fourth-order valence-electron chi connectivity index (χ4n) is 2.24. The maximum absolute atomic E-state index is 12.5. The molecule has 6 heteroatoms. The van der Waals surface area contributed by atoms with Crippen molar-refractivity contribution in [2.24, 2.45) is 5.73 Å². The first kappa shape index (κ1) is 14.8. The van der Waals surface area contributed by atoms with Crippen LogP contribution in [0.1, 0.15) is 30.6 Å². The number of primary amides is 1. The number of pyridine rings is 1. The van der Waals surface area contributed by atoms with Crippen molar-refractivity contribution in [3.63, 3.8) is 0 Å². The van der Waals surface area contributed by atoms with Gasteiger partial charge in [-0.3, -0.25) is 9.59 Å². The average molecular weight is 286 g/mol. The fraction of sp³-hybridized carbons (Fsp3) is 0.267. The van der Waals surface area contributed by atoms with E-state index in [1.54, 1.807) is 26.0 Å². The standard InChI is InChI=1S/C15H18N4O2/c1-15(2,8-13(17)20)19-14(21)10-7-12(16)18-11-6-4-3-5-9(10)11/h3-7H,8H2,1-2H3,(H2,16,18)(H2,17,20)(H,19,21). The third-order valence-electron chi connectivity index (χ3n) is 3.05. The minimum absolute atomic E-state index is 0.0528. The SMILES string of the molecule is CC(C)(CC(N)=O)NC(=O)c1cc(N)nc2ccccc12. The van der Waals surface area contributed by atoms with Gasteiger partial charge in [0.15, 0.2) is 0 Å². The molecule has 0 aliphatic heterocycles. The number of amides is 2. The van der Waals surface area contributed by atoms with Crippen LogP contribution in [0.5, 0.6) is 0 Å². The third-order valence-corrected chi connectivity index (χ3v) is 3.05. The molecule has 0 radical (unpaired) electrons. The zero-order chi connectivity index (χ0) is 15.6. The monoisotopic (exact) mass is 286 g/mol. The molecule has 2 amide bonds. The lowest BCUT2D eigenvalue weighted by Gasteiger charge is -2.25. The van der Waals surface area contributed by atoms with Crippen LogP contribution in [-0.4, -0.2) is 22.3 Å². The molecule has 5 N–H and O–H groups in total. The predicted molar refractivity (Wildman–Crippen MR) is 81.5 cm³/mol. The van der Waals surface area contributed by atoms with Gasteiger partial charge in [0.25, 0.3) is 5.91 Å². The predicted octanol–water partition coefficient (Wildman–Crippen LogP) is 1.20.